The number of hydrogen-bond donors (Lipinski definition) is 1. The van der Waals surface area contributed by atoms with Crippen LogP contribution in [-0.4, -0.2) is 26.4 Å². The molecule has 0 bridgehead atoms. The van der Waals surface area contributed by atoms with E-state index in [0.717, 1.165) is 17.3 Å². The van der Waals surface area contributed by atoms with Gasteiger partial charge in [0.1, 0.15) is 4.75 Å². The maximum Gasteiger partial charge on any atom is 0.214 e. The van der Waals surface area contributed by atoms with E-state index >= 15 is 0 Å². The lowest BCUT2D eigenvalue weighted by Crippen LogP contribution is -2.43. The number of nitrogens with zero attached hydrogens (tertiary/aromatic N) is 1. The largest absolute Gasteiger partial charge is 0.598 e. The maximum atomic E-state index is 12.0. The van der Waals surface area contributed by atoms with Crippen LogP contribution >= 0.6 is 15.9 Å². The van der Waals surface area contributed by atoms with Crippen LogP contribution in [0.4, 0.5) is 0 Å². The Morgan fingerprint density at radius 1 is 1.38 bits per heavy atom. The van der Waals surface area contributed by atoms with Crippen molar-refractivity contribution in [3.8, 4) is 5.88 Å². The fourth-order valence-corrected chi connectivity index (χ4v) is 2.77. The van der Waals surface area contributed by atoms with Gasteiger partial charge in [0.05, 0.1) is 6.10 Å². The first kappa shape index (κ1) is 18.7. The summed E-state index contributed by atoms with van der Waals surface area (Å²) < 4.78 is 21.6. The topological polar surface area (TPSA) is 57.2 Å². The molecule has 120 valence electrons. The summed E-state index contributed by atoms with van der Waals surface area (Å²) >= 11 is 2.36. The Bertz CT molecular complexity index is 440. The van der Waals surface area contributed by atoms with Gasteiger partial charge in [-0.15, -0.1) is 4.72 Å². The molecule has 0 unspecified atom stereocenters. The predicted molar refractivity (Wildman–Crippen MR) is 91.8 cm³/mol. The first-order valence-electron chi connectivity index (χ1n) is 7.14. The molecule has 0 saturated heterocycles. The van der Waals surface area contributed by atoms with Crippen molar-refractivity contribution in [2.75, 3.05) is 0 Å². The lowest BCUT2D eigenvalue weighted by molar-refractivity contribution is 0.196. The molecule has 4 nitrogen and oxygen atoms in total. The van der Waals surface area contributed by atoms with E-state index in [1.54, 1.807) is 6.20 Å². The highest BCUT2D eigenvalue weighted by atomic mass is 79.9. The molecule has 1 N–H and O–H groups in total. The summed E-state index contributed by atoms with van der Waals surface area (Å²) in [6, 6.07) is 3.91. The molecule has 0 saturated carbocycles. The van der Waals surface area contributed by atoms with Gasteiger partial charge in [0, 0.05) is 34.1 Å². The fourth-order valence-electron chi connectivity index (χ4n) is 1.62. The second-order valence-electron chi connectivity index (χ2n) is 6.22. The van der Waals surface area contributed by atoms with Crippen LogP contribution in [0.1, 0.15) is 47.5 Å². The van der Waals surface area contributed by atoms with Gasteiger partial charge in [-0.3, -0.25) is 0 Å². The van der Waals surface area contributed by atoms with Gasteiger partial charge in [-0.05, 0) is 53.5 Å². The standard InChI is InChI=1S/C15H25BrN2O2S/c1-11(18-21(19)15(3,4)5)6-7-12(2)20-14-10-13(16)8-9-17-14/h8-12,18H,6-7H2,1-5H3/t11-,12+,21+/m1/s1. The molecule has 0 radical (unpaired) electrons. The molecule has 1 heterocycles. The van der Waals surface area contributed by atoms with E-state index in [0.29, 0.717) is 5.88 Å². The SMILES string of the molecule is C[C@H](CC[C@H](C)Oc1cc(Br)ccn1)N[S@@+]([O-])C(C)(C)C. The minimum Gasteiger partial charge on any atom is -0.598 e. The monoisotopic (exact) mass is 376 g/mol. The van der Waals surface area contributed by atoms with E-state index < -0.39 is 11.4 Å². The summed E-state index contributed by atoms with van der Waals surface area (Å²) in [5, 5.41) is 0. The molecule has 1 aromatic rings. The summed E-state index contributed by atoms with van der Waals surface area (Å²) in [4.78, 5) is 4.17. The third-order valence-electron chi connectivity index (χ3n) is 2.89. The lowest BCUT2D eigenvalue weighted by atomic mass is 10.1. The molecule has 0 spiro atoms. The number of nitrogens with one attached hydrogen (secondary N) is 1. The summed E-state index contributed by atoms with van der Waals surface area (Å²) in [6.07, 6.45) is 3.56. The predicted octanol–water partition coefficient (Wildman–Crippen LogP) is 3.83. The number of rotatable bonds is 7. The van der Waals surface area contributed by atoms with E-state index in [4.69, 9.17) is 4.74 Å². The van der Waals surface area contributed by atoms with Gasteiger partial charge < -0.3 is 9.29 Å². The Labute approximate surface area is 139 Å². The highest BCUT2D eigenvalue weighted by Gasteiger charge is 2.27. The number of aromatic nitrogens is 1. The van der Waals surface area contributed by atoms with E-state index in [9.17, 15) is 4.55 Å². The van der Waals surface area contributed by atoms with Crippen molar-refractivity contribution >= 4 is 27.3 Å². The van der Waals surface area contributed by atoms with Crippen LogP contribution in [-0.2, 0) is 11.4 Å². The molecule has 1 aromatic heterocycles. The zero-order chi connectivity index (χ0) is 16.0. The van der Waals surface area contributed by atoms with Crippen LogP contribution in [0.25, 0.3) is 0 Å². The smallest absolute Gasteiger partial charge is 0.214 e. The first-order valence-corrected chi connectivity index (χ1v) is 9.09. The van der Waals surface area contributed by atoms with E-state index in [-0.39, 0.29) is 16.9 Å². The summed E-state index contributed by atoms with van der Waals surface area (Å²) in [7, 11) is 0. The van der Waals surface area contributed by atoms with E-state index in [1.165, 1.54) is 0 Å². The van der Waals surface area contributed by atoms with Crippen LogP contribution in [0.5, 0.6) is 5.88 Å². The average molecular weight is 377 g/mol. The van der Waals surface area contributed by atoms with Crippen molar-refractivity contribution in [1.29, 1.82) is 0 Å². The van der Waals surface area contributed by atoms with E-state index in [1.807, 2.05) is 46.8 Å². The van der Waals surface area contributed by atoms with Crippen LogP contribution in [0.2, 0.25) is 0 Å². The van der Waals surface area contributed by atoms with Gasteiger partial charge in [-0.2, -0.15) is 0 Å². The van der Waals surface area contributed by atoms with Crippen LogP contribution in [0.3, 0.4) is 0 Å². The molecule has 6 heteroatoms. The minimum absolute atomic E-state index is 0.0686. The molecule has 0 aromatic carbocycles. The zero-order valence-corrected chi connectivity index (χ0v) is 15.8. The molecule has 0 amide bonds. The van der Waals surface area contributed by atoms with Gasteiger partial charge in [-0.1, -0.05) is 15.9 Å². The Kier molecular flexibility index (Phi) is 7.47. The van der Waals surface area contributed by atoms with Crippen molar-refractivity contribution in [2.24, 2.45) is 0 Å². The summed E-state index contributed by atoms with van der Waals surface area (Å²) in [6.45, 7) is 9.97. The van der Waals surface area contributed by atoms with Crippen molar-refractivity contribution in [2.45, 2.75) is 64.4 Å². The Morgan fingerprint density at radius 3 is 2.62 bits per heavy atom. The quantitative estimate of drug-likeness (QED) is 0.734. The third-order valence-corrected chi connectivity index (χ3v) is 5.11. The highest BCUT2D eigenvalue weighted by Crippen LogP contribution is 2.18. The molecular formula is C15H25BrN2O2S. The summed E-state index contributed by atoms with van der Waals surface area (Å²) in [5.74, 6) is 0.621. The molecule has 0 aliphatic heterocycles. The average Bonchev–Trinajstić information content (AvgIpc) is 2.35. The fraction of sp³-hybridized carbons (Fsp3) is 0.667. The third kappa shape index (κ3) is 7.49. The molecule has 0 aliphatic carbocycles. The van der Waals surface area contributed by atoms with Gasteiger partial charge in [0.2, 0.25) is 5.88 Å². The van der Waals surface area contributed by atoms with Crippen LogP contribution < -0.4 is 9.46 Å². The normalized spacial score (nSPS) is 16.3. The van der Waals surface area contributed by atoms with Crippen molar-refractivity contribution in [3.63, 3.8) is 0 Å². The Hall–Kier alpha value is -0.300. The molecule has 0 fully saturated rings. The molecule has 0 aliphatic rings. The maximum absolute atomic E-state index is 12.0. The van der Waals surface area contributed by atoms with Crippen LogP contribution in [0.15, 0.2) is 22.8 Å². The van der Waals surface area contributed by atoms with Crippen LogP contribution in [0, 0.1) is 0 Å². The number of hydrogen-bond acceptors (Lipinski definition) is 4. The lowest BCUT2D eigenvalue weighted by Gasteiger charge is -2.26. The Balaban J connectivity index is 2.34. The molecule has 21 heavy (non-hydrogen) atoms. The Morgan fingerprint density at radius 2 is 2.05 bits per heavy atom. The van der Waals surface area contributed by atoms with Gasteiger partial charge >= 0.3 is 0 Å². The van der Waals surface area contributed by atoms with Crippen molar-refractivity contribution in [1.82, 2.24) is 9.71 Å². The van der Waals surface area contributed by atoms with Crippen molar-refractivity contribution < 1.29 is 9.29 Å². The zero-order valence-electron chi connectivity index (χ0n) is 13.4. The highest BCUT2D eigenvalue weighted by molar-refractivity contribution is 9.10. The number of pyridine rings is 1. The van der Waals surface area contributed by atoms with Gasteiger partial charge in [0.25, 0.3) is 0 Å². The number of halogens is 1. The van der Waals surface area contributed by atoms with Gasteiger partial charge in [0.15, 0.2) is 0 Å². The second kappa shape index (κ2) is 8.36. The first-order chi connectivity index (χ1) is 9.68. The van der Waals surface area contributed by atoms with Gasteiger partial charge in [-0.25, -0.2) is 4.98 Å². The minimum atomic E-state index is -1.03. The summed E-state index contributed by atoms with van der Waals surface area (Å²) in [5.41, 5.74) is 0. The molecule has 1 rings (SSSR count). The number of ether oxygens (including phenoxy) is 1. The molecule has 3 atom stereocenters. The molecular weight excluding hydrogens is 352 g/mol. The second-order valence-corrected chi connectivity index (χ2v) is 9.13. The van der Waals surface area contributed by atoms with Crippen molar-refractivity contribution in [3.05, 3.63) is 22.8 Å². The van der Waals surface area contributed by atoms with E-state index in [2.05, 4.69) is 25.6 Å².